The van der Waals surface area contributed by atoms with Gasteiger partial charge in [0.2, 0.25) is 0 Å². The van der Waals surface area contributed by atoms with E-state index in [1.807, 2.05) is 0 Å². The molecule has 0 heterocycles. The van der Waals surface area contributed by atoms with Crippen molar-refractivity contribution in [2.24, 2.45) is 5.10 Å². The number of aromatic hydroxyl groups is 2. The molecule has 0 aliphatic heterocycles. The van der Waals surface area contributed by atoms with Gasteiger partial charge in [0.15, 0.2) is 0 Å². The van der Waals surface area contributed by atoms with Crippen LogP contribution in [0.25, 0.3) is 0 Å². The van der Waals surface area contributed by atoms with Crippen molar-refractivity contribution < 1.29 is 28.2 Å². The molecule has 0 aliphatic carbocycles. The number of nitrogens with one attached hydrogen (secondary N) is 1. The van der Waals surface area contributed by atoms with Gasteiger partial charge < -0.3 is 10.2 Å². The fourth-order valence-corrected chi connectivity index (χ4v) is 1.70. The van der Waals surface area contributed by atoms with E-state index in [4.69, 9.17) is 5.11 Å². The van der Waals surface area contributed by atoms with Crippen LogP contribution >= 0.6 is 0 Å². The van der Waals surface area contributed by atoms with Crippen molar-refractivity contribution in [2.45, 2.75) is 6.18 Å². The van der Waals surface area contributed by atoms with E-state index in [0.717, 1.165) is 24.4 Å². The van der Waals surface area contributed by atoms with E-state index in [0.29, 0.717) is 6.07 Å². The van der Waals surface area contributed by atoms with Gasteiger partial charge in [-0.2, -0.15) is 18.3 Å². The summed E-state index contributed by atoms with van der Waals surface area (Å²) in [5.74, 6) is -1.24. The summed E-state index contributed by atoms with van der Waals surface area (Å²) in [6.45, 7) is 0. The van der Waals surface area contributed by atoms with Gasteiger partial charge in [0.25, 0.3) is 5.91 Å². The van der Waals surface area contributed by atoms with Crippen molar-refractivity contribution in [3.8, 4) is 11.5 Å². The lowest BCUT2D eigenvalue weighted by Crippen LogP contribution is -2.18. The first kappa shape index (κ1) is 16.3. The maximum absolute atomic E-state index is 12.6. The van der Waals surface area contributed by atoms with Gasteiger partial charge in [-0.25, -0.2) is 5.43 Å². The molecular weight excluding hydrogens is 313 g/mol. The van der Waals surface area contributed by atoms with Gasteiger partial charge in [-0.05, 0) is 30.3 Å². The highest BCUT2D eigenvalue weighted by Crippen LogP contribution is 2.29. The average Bonchev–Trinajstić information content (AvgIpc) is 2.48. The van der Waals surface area contributed by atoms with Crippen LogP contribution in [-0.4, -0.2) is 22.3 Å². The lowest BCUT2D eigenvalue weighted by Gasteiger charge is -2.07. The van der Waals surface area contributed by atoms with Crippen molar-refractivity contribution in [1.82, 2.24) is 5.43 Å². The average molecular weight is 324 g/mol. The molecule has 8 heteroatoms. The van der Waals surface area contributed by atoms with Crippen molar-refractivity contribution >= 4 is 12.1 Å². The van der Waals surface area contributed by atoms with Crippen molar-refractivity contribution in [3.05, 3.63) is 59.2 Å². The normalized spacial score (nSPS) is 11.6. The van der Waals surface area contributed by atoms with Crippen molar-refractivity contribution in [3.63, 3.8) is 0 Å². The molecular formula is C15H11F3N2O3. The Hall–Kier alpha value is -3.03. The molecule has 120 valence electrons. The fraction of sp³-hybridized carbons (Fsp3) is 0.0667. The van der Waals surface area contributed by atoms with E-state index in [1.54, 1.807) is 0 Å². The summed E-state index contributed by atoms with van der Waals surface area (Å²) >= 11 is 0. The Morgan fingerprint density at radius 2 is 1.87 bits per heavy atom. The molecule has 0 unspecified atom stereocenters. The standard InChI is InChI=1S/C15H11F3N2O3/c16-15(17,18)11-3-1-2-9(6-11)14(23)20-19-8-10-4-5-12(21)7-13(10)22/h1-8,21-22H,(H,20,23)/b19-8+. The van der Waals surface area contributed by atoms with Crippen LogP contribution in [0, 0.1) is 0 Å². The Labute approximate surface area is 128 Å². The molecule has 0 aromatic heterocycles. The molecule has 2 aromatic carbocycles. The molecule has 2 rings (SSSR count). The molecule has 0 radical (unpaired) electrons. The Morgan fingerprint density at radius 3 is 2.52 bits per heavy atom. The topological polar surface area (TPSA) is 81.9 Å². The molecule has 0 aliphatic rings. The Bertz CT molecular complexity index is 758. The molecule has 5 nitrogen and oxygen atoms in total. The maximum Gasteiger partial charge on any atom is 0.416 e. The second-order valence-electron chi connectivity index (χ2n) is 4.52. The van der Waals surface area contributed by atoms with Crippen LogP contribution in [-0.2, 0) is 6.18 Å². The second-order valence-corrected chi connectivity index (χ2v) is 4.52. The van der Waals surface area contributed by atoms with Crippen LogP contribution < -0.4 is 5.43 Å². The molecule has 0 saturated heterocycles. The molecule has 2 aromatic rings. The monoisotopic (exact) mass is 324 g/mol. The molecule has 1 amide bonds. The van der Waals surface area contributed by atoms with Crippen LogP contribution in [0.2, 0.25) is 0 Å². The SMILES string of the molecule is O=C(N/N=C/c1ccc(O)cc1O)c1cccc(C(F)(F)F)c1. The Kier molecular flexibility index (Phi) is 4.54. The number of rotatable bonds is 3. The Balaban J connectivity index is 2.09. The number of phenols is 2. The van der Waals surface area contributed by atoms with Crippen LogP contribution in [0.1, 0.15) is 21.5 Å². The quantitative estimate of drug-likeness (QED) is 0.600. The predicted molar refractivity (Wildman–Crippen MR) is 76.3 cm³/mol. The van der Waals surface area contributed by atoms with Gasteiger partial charge in [-0.3, -0.25) is 4.79 Å². The van der Waals surface area contributed by atoms with Crippen molar-refractivity contribution in [1.29, 1.82) is 0 Å². The smallest absolute Gasteiger partial charge is 0.416 e. The number of nitrogens with zero attached hydrogens (tertiary/aromatic N) is 1. The third kappa shape index (κ3) is 4.22. The number of phenolic OH excluding ortho intramolecular Hbond substituents is 2. The highest BCUT2D eigenvalue weighted by atomic mass is 19.4. The van der Waals surface area contributed by atoms with E-state index >= 15 is 0 Å². The van der Waals surface area contributed by atoms with Gasteiger partial charge in [0.1, 0.15) is 11.5 Å². The number of benzene rings is 2. The summed E-state index contributed by atoms with van der Waals surface area (Å²) in [5.41, 5.74) is 1.13. The minimum absolute atomic E-state index is 0.146. The zero-order valence-corrected chi connectivity index (χ0v) is 11.5. The first-order chi connectivity index (χ1) is 10.8. The third-order valence-electron chi connectivity index (χ3n) is 2.84. The zero-order chi connectivity index (χ0) is 17.0. The minimum atomic E-state index is -4.54. The summed E-state index contributed by atoms with van der Waals surface area (Å²) in [6.07, 6.45) is -3.45. The number of hydrogen-bond acceptors (Lipinski definition) is 4. The number of hydrazone groups is 1. The predicted octanol–water partition coefficient (Wildman–Crippen LogP) is 2.88. The number of carbonyl (C=O) groups is 1. The summed E-state index contributed by atoms with van der Waals surface area (Å²) in [6, 6.07) is 7.64. The van der Waals surface area contributed by atoms with E-state index in [2.05, 4.69) is 10.5 Å². The summed E-state index contributed by atoms with van der Waals surface area (Å²) < 4.78 is 37.7. The minimum Gasteiger partial charge on any atom is -0.508 e. The highest BCUT2D eigenvalue weighted by molar-refractivity contribution is 5.95. The second kappa shape index (κ2) is 6.39. The third-order valence-corrected chi connectivity index (χ3v) is 2.84. The molecule has 0 spiro atoms. The van der Waals surface area contributed by atoms with Crippen LogP contribution in [0.3, 0.4) is 0 Å². The van der Waals surface area contributed by atoms with Gasteiger partial charge in [-0.15, -0.1) is 0 Å². The molecule has 0 fully saturated rings. The van der Waals surface area contributed by atoms with Crippen molar-refractivity contribution in [2.75, 3.05) is 0 Å². The summed E-state index contributed by atoms with van der Waals surface area (Å²) in [7, 11) is 0. The van der Waals surface area contributed by atoms with Gasteiger partial charge in [0, 0.05) is 17.2 Å². The first-order valence-electron chi connectivity index (χ1n) is 6.30. The zero-order valence-electron chi connectivity index (χ0n) is 11.5. The largest absolute Gasteiger partial charge is 0.508 e. The first-order valence-corrected chi connectivity index (χ1v) is 6.30. The number of carbonyl (C=O) groups excluding carboxylic acids is 1. The van der Waals surface area contributed by atoms with Crippen LogP contribution in [0.4, 0.5) is 13.2 Å². The van der Waals surface area contributed by atoms with Crippen LogP contribution in [0.15, 0.2) is 47.6 Å². The number of amides is 1. The lowest BCUT2D eigenvalue weighted by atomic mass is 10.1. The van der Waals surface area contributed by atoms with E-state index in [-0.39, 0.29) is 22.6 Å². The molecule has 0 atom stereocenters. The molecule has 0 saturated carbocycles. The molecule has 3 N–H and O–H groups in total. The highest BCUT2D eigenvalue weighted by Gasteiger charge is 2.30. The molecule has 23 heavy (non-hydrogen) atoms. The van der Waals surface area contributed by atoms with E-state index in [9.17, 15) is 23.1 Å². The fourth-order valence-electron chi connectivity index (χ4n) is 1.70. The van der Waals surface area contributed by atoms with Crippen LogP contribution in [0.5, 0.6) is 11.5 Å². The maximum atomic E-state index is 12.6. The Morgan fingerprint density at radius 1 is 1.13 bits per heavy atom. The van der Waals surface area contributed by atoms with Gasteiger partial charge >= 0.3 is 6.18 Å². The number of hydrogen-bond donors (Lipinski definition) is 3. The molecule has 0 bridgehead atoms. The number of halogens is 3. The lowest BCUT2D eigenvalue weighted by molar-refractivity contribution is -0.137. The summed E-state index contributed by atoms with van der Waals surface area (Å²) in [5, 5.41) is 22.2. The van der Waals surface area contributed by atoms with Gasteiger partial charge in [0.05, 0.1) is 11.8 Å². The number of alkyl halides is 3. The van der Waals surface area contributed by atoms with E-state index < -0.39 is 17.6 Å². The van der Waals surface area contributed by atoms with E-state index in [1.165, 1.54) is 18.2 Å². The van der Waals surface area contributed by atoms with Gasteiger partial charge in [-0.1, -0.05) is 6.07 Å². The summed E-state index contributed by atoms with van der Waals surface area (Å²) in [4.78, 5) is 11.8.